The Balaban J connectivity index is 1.48. The summed E-state index contributed by atoms with van der Waals surface area (Å²) in [5, 5.41) is 7.91. The summed E-state index contributed by atoms with van der Waals surface area (Å²) in [6.45, 7) is 1.84. The van der Waals surface area contributed by atoms with Gasteiger partial charge in [0.1, 0.15) is 5.82 Å². The van der Waals surface area contributed by atoms with Gasteiger partial charge < -0.3 is 10.6 Å². The lowest BCUT2D eigenvalue weighted by Crippen LogP contribution is -2.15. The van der Waals surface area contributed by atoms with E-state index in [9.17, 15) is 14.0 Å². The van der Waals surface area contributed by atoms with E-state index >= 15 is 0 Å². The van der Waals surface area contributed by atoms with Crippen LogP contribution >= 0.6 is 34.7 Å². The maximum absolute atomic E-state index is 12.9. The molecule has 0 saturated carbocycles. The predicted molar refractivity (Wildman–Crippen MR) is 116 cm³/mol. The number of halogens is 2. The Bertz CT molecular complexity index is 1020. The third-order valence-electron chi connectivity index (χ3n) is 3.87. The van der Waals surface area contributed by atoms with E-state index in [4.69, 9.17) is 11.6 Å². The number of benzene rings is 2. The monoisotopic (exact) mass is 449 g/mol. The van der Waals surface area contributed by atoms with Crippen molar-refractivity contribution < 1.29 is 14.0 Å². The van der Waals surface area contributed by atoms with Crippen LogP contribution < -0.4 is 10.6 Å². The highest BCUT2D eigenvalue weighted by Crippen LogP contribution is 2.25. The first-order chi connectivity index (χ1) is 13.9. The molecule has 5 nitrogen and oxygen atoms in total. The number of hydrogen-bond donors (Lipinski definition) is 2. The second-order valence-electron chi connectivity index (χ2n) is 6.09. The van der Waals surface area contributed by atoms with Gasteiger partial charge in [-0.2, -0.15) is 0 Å². The fraction of sp³-hybridized carbons (Fsp3) is 0.150. The Kier molecular flexibility index (Phi) is 7.24. The zero-order chi connectivity index (χ0) is 20.8. The second kappa shape index (κ2) is 9.87. The van der Waals surface area contributed by atoms with E-state index < -0.39 is 0 Å². The van der Waals surface area contributed by atoms with Crippen LogP contribution in [0.15, 0.2) is 52.2 Å². The minimum Gasteiger partial charge on any atom is -0.325 e. The minimum atomic E-state index is -0.359. The van der Waals surface area contributed by atoms with E-state index in [1.54, 1.807) is 23.6 Å². The third-order valence-corrected chi connectivity index (χ3v) is 6.35. The summed E-state index contributed by atoms with van der Waals surface area (Å²) in [6.07, 6.45) is 0.130. The number of amides is 2. The number of nitrogens with zero attached hydrogens (tertiary/aromatic N) is 1. The van der Waals surface area contributed by atoms with Crippen molar-refractivity contribution >= 4 is 57.9 Å². The Morgan fingerprint density at radius 3 is 2.66 bits per heavy atom. The normalized spacial score (nSPS) is 10.6. The standard InChI is InChI=1S/C20H17ClFN3O2S2/c1-12-16(21)3-2-4-17(12)25-18(26)9-15-10-28-20(24-15)29-11-19(27)23-14-7-5-13(22)6-8-14/h2-8,10H,9,11H2,1H3,(H,23,27)(H,25,26). The lowest BCUT2D eigenvalue weighted by Gasteiger charge is -2.08. The van der Waals surface area contributed by atoms with E-state index in [2.05, 4.69) is 15.6 Å². The molecule has 0 unspecified atom stereocenters. The summed E-state index contributed by atoms with van der Waals surface area (Å²) in [4.78, 5) is 28.6. The van der Waals surface area contributed by atoms with Gasteiger partial charge in [0, 0.05) is 21.8 Å². The number of nitrogens with one attached hydrogen (secondary N) is 2. The van der Waals surface area contributed by atoms with Gasteiger partial charge in [-0.3, -0.25) is 9.59 Å². The summed E-state index contributed by atoms with van der Waals surface area (Å²) >= 11 is 8.72. The summed E-state index contributed by atoms with van der Waals surface area (Å²) in [6, 6.07) is 10.9. The van der Waals surface area contributed by atoms with Crippen LogP contribution in [-0.2, 0) is 16.0 Å². The van der Waals surface area contributed by atoms with Crippen LogP contribution in [0.5, 0.6) is 0 Å². The lowest BCUT2D eigenvalue weighted by atomic mass is 10.2. The van der Waals surface area contributed by atoms with E-state index in [1.807, 2.05) is 6.92 Å². The van der Waals surface area contributed by atoms with Gasteiger partial charge in [-0.1, -0.05) is 29.4 Å². The van der Waals surface area contributed by atoms with Gasteiger partial charge >= 0.3 is 0 Å². The number of anilines is 2. The summed E-state index contributed by atoms with van der Waals surface area (Å²) < 4.78 is 13.6. The molecule has 3 aromatic rings. The summed E-state index contributed by atoms with van der Waals surface area (Å²) in [5.41, 5.74) is 2.65. The highest BCUT2D eigenvalue weighted by molar-refractivity contribution is 8.01. The predicted octanol–water partition coefficient (Wildman–Crippen LogP) is 5.16. The van der Waals surface area contributed by atoms with Crippen LogP contribution in [0, 0.1) is 12.7 Å². The van der Waals surface area contributed by atoms with Crippen molar-refractivity contribution in [2.75, 3.05) is 16.4 Å². The first-order valence-electron chi connectivity index (χ1n) is 8.58. The van der Waals surface area contributed by atoms with Gasteiger partial charge in [-0.25, -0.2) is 9.37 Å². The topological polar surface area (TPSA) is 71.1 Å². The molecule has 9 heteroatoms. The van der Waals surface area contributed by atoms with Crippen molar-refractivity contribution in [3.05, 3.63) is 69.9 Å². The molecule has 2 aromatic carbocycles. The van der Waals surface area contributed by atoms with Crippen molar-refractivity contribution in [3.8, 4) is 0 Å². The van der Waals surface area contributed by atoms with Crippen LogP contribution in [0.3, 0.4) is 0 Å². The van der Waals surface area contributed by atoms with Crippen molar-refractivity contribution in [1.82, 2.24) is 4.98 Å². The fourth-order valence-corrected chi connectivity index (χ4v) is 4.21. The molecule has 0 fully saturated rings. The van der Waals surface area contributed by atoms with Crippen molar-refractivity contribution in [2.45, 2.75) is 17.7 Å². The lowest BCUT2D eigenvalue weighted by molar-refractivity contribution is -0.116. The fourth-order valence-electron chi connectivity index (χ4n) is 2.40. The van der Waals surface area contributed by atoms with Gasteiger partial charge in [-0.15, -0.1) is 11.3 Å². The van der Waals surface area contributed by atoms with Crippen molar-refractivity contribution in [2.24, 2.45) is 0 Å². The van der Waals surface area contributed by atoms with E-state index in [0.29, 0.717) is 26.4 Å². The van der Waals surface area contributed by atoms with Gasteiger partial charge in [-0.05, 0) is 48.9 Å². The van der Waals surface area contributed by atoms with Gasteiger partial charge in [0.25, 0.3) is 0 Å². The smallest absolute Gasteiger partial charge is 0.234 e. The molecule has 0 atom stereocenters. The molecule has 0 aliphatic rings. The Morgan fingerprint density at radius 1 is 1.14 bits per heavy atom. The molecular formula is C20H17ClFN3O2S2. The van der Waals surface area contributed by atoms with Gasteiger partial charge in [0.05, 0.1) is 17.9 Å². The highest BCUT2D eigenvalue weighted by atomic mass is 35.5. The summed E-state index contributed by atoms with van der Waals surface area (Å²) in [7, 11) is 0. The molecule has 1 heterocycles. The van der Waals surface area contributed by atoms with Crippen molar-refractivity contribution in [3.63, 3.8) is 0 Å². The highest BCUT2D eigenvalue weighted by Gasteiger charge is 2.12. The van der Waals surface area contributed by atoms with Gasteiger partial charge in [0.15, 0.2) is 4.34 Å². The van der Waals surface area contributed by atoms with Gasteiger partial charge in [0.2, 0.25) is 11.8 Å². The average molecular weight is 450 g/mol. The number of carbonyl (C=O) groups is 2. The Labute approximate surface area is 180 Å². The maximum Gasteiger partial charge on any atom is 0.234 e. The van der Waals surface area contributed by atoms with Crippen LogP contribution in [-0.4, -0.2) is 22.6 Å². The number of hydrogen-bond acceptors (Lipinski definition) is 5. The van der Waals surface area contributed by atoms with E-state index in [0.717, 1.165) is 5.56 Å². The van der Waals surface area contributed by atoms with Crippen LogP contribution in [0.4, 0.5) is 15.8 Å². The third kappa shape index (κ3) is 6.28. The Morgan fingerprint density at radius 2 is 1.90 bits per heavy atom. The minimum absolute atomic E-state index is 0.130. The molecule has 0 saturated heterocycles. The molecule has 0 aliphatic carbocycles. The number of thioether (sulfide) groups is 1. The molecule has 2 N–H and O–H groups in total. The molecule has 0 radical (unpaired) electrons. The molecule has 0 spiro atoms. The molecule has 0 bridgehead atoms. The average Bonchev–Trinajstić information content (AvgIpc) is 3.13. The zero-order valence-electron chi connectivity index (χ0n) is 15.4. The van der Waals surface area contributed by atoms with Crippen molar-refractivity contribution in [1.29, 1.82) is 0 Å². The molecule has 150 valence electrons. The maximum atomic E-state index is 12.9. The zero-order valence-corrected chi connectivity index (χ0v) is 17.8. The summed E-state index contributed by atoms with van der Waals surface area (Å²) in [5.74, 6) is -0.598. The molecule has 2 amide bonds. The number of rotatable bonds is 7. The number of thiazole rings is 1. The van der Waals surface area contributed by atoms with E-state index in [1.165, 1.54) is 47.4 Å². The van der Waals surface area contributed by atoms with Crippen LogP contribution in [0.1, 0.15) is 11.3 Å². The van der Waals surface area contributed by atoms with Crippen LogP contribution in [0.2, 0.25) is 5.02 Å². The van der Waals surface area contributed by atoms with Crippen LogP contribution in [0.25, 0.3) is 0 Å². The molecule has 3 rings (SSSR count). The molecule has 0 aliphatic heterocycles. The second-order valence-corrected chi connectivity index (χ2v) is 8.57. The number of aromatic nitrogens is 1. The molecular weight excluding hydrogens is 433 g/mol. The largest absolute Gasteiger partial charge is 0.325 e. The number of carbonyl (C=O) groups excluding carboxylic acids is 2. The first-order valence-corrected chi connectivity index (χ1v) is 10.8. The quantitative estimate of drug-likeness (QED) is 0.489. The molecule has 1 aromatic heterocycles. The first kappa shape index (κ1) is 21.3. The Hall–Kier alpha value is -2.42. The SMILES string of the molecule is Cc1c(Cl)cccc1NC(=O)Cc1csc(SCC(=O)Nc2ccc(F)cc2)n1. The van der Waals surface area contributed by atoms with E-state index in [-0.39, 0.29) is 29.8 Å². The molecule has 29 heavy (non-hydrogen) atoms.